The molecule has 5 aromatic rings. The van der Waals surface area contributed by atoms with Crippen molar-refractivity contribution in [1.29, 1.82) is 0 Å². The van der Waals surface area contributed by atoms with Gasteiger partial charge in [0.05, 0.1) is 22.7 Å². The van der Waals surface area contributed by atoms with E-state index in [2.05, 4.69) is 4.98 Å². The van der Waals surface area contributed by atoms with E-state index >= 15 is 0 Å². The summed E-state index contributed by atoms with van der Waals surface area (Å²) < 4.78 is 12.1. The first-order chi connectivity index (χ1) is 17.5. The van der Waals surface area contributed by atoms with Crippen LogP contribution in [0.1, 0.15) is 43.9 Å². The van der Waals surface area contributed by atoms with Crippen molar-refractivity contribution in [3.8, 4) is 5.75 Å². The fraction of sp³-hybridized carbons (Fsp3) is 0.138. The molecule has 0 saturated heterocycles. The summed E-state index contributed by atoms with van der Waals surface area (Å²) in [6.07, 6.45) is 0. The number of aryl methyl sites for hydroxylation is 2. The number of fused-ring (bicyclic) bond motifs is 2. The van der Waals surface area contributed by atoms with Crippen molar-refractivity contribution in [2.24, 2.45) is 0 Å². The highest BCUT2D eigenvalue weighted by Crippen LogP contribution is 2.43. The molecular formula is C29H22N2O4S. The second-order valence-corrected chi connectivity index (χ2v) is 9.91. The van der Waals surface area contributed by atoms with Crippen LogP contribution >= 0.6 is 11.3 Å². The third kappa shape index (κ3) is 3.69. The van der Waals surface area contributed by atoms with Gasteiger partial charge in [-0.3, -0.25) is 14.5 Å². The van der Waals surface area contributed by atoms with Gasteiger partial charge in [0.25, 0.3) is 5.91 Å². The van der Waals surface area contributed by atoms with E-state index in [1.165, 1.54) is 11.3 Å². The number of nitrogens with zero attached hydrogens (tertiary/aromatic N) is 2. The Hall–Kier alpha value is -4.23. The quantitative estimate of drug-likeness (QED) is 0.291. The molecule has 0 aliphatic carbocycles. The highest BCUT2D eigenvalue weighted by Gasteiger charge is 2.45. The van der Waals surface area contributed by atoms with Crippen LogP contribution in [-0.4, -0.2) is 10.9 Å². The fourth-order valence-electron chi connectivity index (χ4n) is 4.51. The Balaban J connectivity index is 1.49. The first kappa shape index (κ1) is 22.2. The summed E-state index contributed by atoms with van der Waals surface area (Å²) in [5, 5.41) is 0.976. The van der Waals surface area contributed by atoms with Crippen molar-refractivity contribution in [1.82, 2.24) is 4.98 Å². The van der Waals surface area contributed by atoms with Crippen LogP contribution in [0.5, 0.6) is 5.75 Å². The number of amides is 1. The molecule has 0 radical (unpaired) electrons. The van der Waals surface area contributed by atoms with E-state index in [4.69, 9.17) is 9.15 Å². The van der Waals surface area contributed by atoms with Gasteiger partial charge in [0.1, 0.15) is 17.9 Å². The molecule has 6 rings (SSSR count). The monoisotopic (exact) mass is 494 g/mol. The van der Waals surface area contributed by atoms with Crippen LogP contribution in [-0.2, 0) is 6.61 Å². The predicted molar refractivity (Wildman–Crippen MR) is 140 cm³/mol. The smallest absolute Gasteiger partial charge is 0.297 e. The van der Waals surface area contributed by atoms with Gasteiger partial charge in [0.15, 0.2) is 10.6 Å². The number of benzene rings is 3. The van der Waals surface area contributed by atoms with E-state index in [0.717, 1.165) is 21.7 Å². The molecule has 7 heteroatoms. The molecule has 1 aliphatic rings. The second kappa shape index (κ2) is 8.77. The number of para-hydroxylation sites is 1. The summed E-state index contributed by atoms with van der Waals surface area (Å²) in [4.78, 5) is 34.7. The summed E-state index contributed by atoms with van der Waals surface area (Å²) >= 11 is 1.43. The number of rotatable bonds is 5. The summed E-state index contributed by atoms with van der Waals surface area (Å²) in [6, 6.07) is 23.7. The lowest BCUT2D eigenvalue weighted by Crippen LogP contribution is -2.29. The molecular weight excluding hydrogens is 472 g/mol. The van der Waals surface area contributed by atoms with Gasteiger partial charge < -0.3 is 9.15 Å². The van der Waals surface area contributed by atoms with Gasteiger partial charge in [-0.1, -0.05) is 54.6 Å². The molecule has 36 heavy (non-hydrogen) atoms. The third-order valence-electron chi connectivity index (χ3n) is 6.42. The van der Waals surface area contributed by atoms with Crippen LogP contribution in [0.3, 0.4) is 0 Å². The Kier molecular flexibility index (Phi) is 5.42. The van der Waals surface area contributed by atoms with Crippen LogP contribution in [0.2, 0.25) is 0 Å². The molecule has 2 aromatic heterocycles. The van der Waals surface area contributed by atoms with Gasteiger partial charge in [-0.2, -0.15) is 0 Å². The predicted octanol–water partition coefficient (Wildman–Crippen LogP) is 6.20. The molecule has 1 unspecified atom stereocenters. The minimum absolute atomic E-state index is 0.0600. The number of aromatic nitrogens is 1. The van der Waals surface area contributed by atoms with Crippen molar-refractivity contribution in [3.63, 3.8) is 0 Å². The first-order valence-electron chi connectivity index (χ1n) is 11.6. The average Bonchev–Trinajstić information content (AvgIpc) is 3.39. The second-order valence-electron chi connectivity index (χ2n) is 8.73. The summed E-state index contributed by atoms with van der Waals surface area (Å²) in [5.74, 6) is 0.334. The van der Waals surface area contributed by atoms with E-state index < -0.39 is 6.04 Å². The normalized spacial score (nSPS) is 14.9. The fourth-order valence-corrected chi connectivity index (χ4v) is 5.44. The summed E-state index contributed by atoms with van der Waals surface area (Å²) in [6.45, 7) is 4.29. The van der Waals surface area contributed by atoms with Gasteiger partial charge in [-0.05, 0) is 49.2 Å². The minimum atomic E-state index is -0.682. The number of hydrogen-bond acceptors (Lipinski definition) is 6. The van der Waals surface area contributed by atoms with Gasteiger partial charge in [-0.15, -0.1) is 11.3 Å². The Morgan fingerprint density at radius 2 is 1.75 bits per heavy atom. The Morgan fingerprint density at radius 1 is 0.972 bits per heavy atom. The van der Waals surface area contributed by atoms with Crippen LogP contribution in [0.25, 0.3) is 11.0 Å². The minimum Gasteiger partial charge on any atom is -0.489 e. The van der Waals surface area contributed by atoms with Crippen molar-refractivity contribution in [2.45, 2.75) is 26.5 Å². The van der Waals surface area contributed by atoms with Gasteiger partial charge in [0, 0.05) is 4.88 Å². The molecule has 1 atom stereocenters. The first-order valence-corrected chi connectivity index (χ1v) is 12.4. The van der Waals surface area contributed by atoms with Gasteiger partial charge in [-0.25, -0.2) is 4.98 Å². The van der Waals surface area contributed by atoms with Gasteiger partial charge >= 0.3 is 0 Å². The Morgan fingerprint density at radius 3 is 2.53 bits per heavy atom. The summed E-state index contributed by atoms with van der Waals surface area (Å²) in [5.41, 5.74) is 3.15. The van der Waals surface area contributed by atoms with Crippen LogP contribution in [0.4, 0.5) is 5.13 Å². The van der Waals surface area contributed by atoms with E-state index in [1.807, 2.05) is 68.4 Å². The van der Waals surface area contributed by atoms with Crippen molar-refractivity contribution in [3.05, 3.63) is 122 Å². The summed E-state index contributed by atoms with van der Waals surface area (Å²) in [7, 11) is 0. The van der Waals surface area contributed by atoms with Gasteiger partial charge in [0.2, 0.25) is 5.76 Å². The Bertz CT molecular complexity index is 1650. The van der Waals surface area contributed by atoms with E-state index in [0.29, 0.717) is 34.0 Å². The maximum absolute atomic E-state index is 13.7. The highest BCUT2D eigenvalue weighted by atomic mass is 32.1. The zero-order chi connectivity index (χ0) is 24.8. The zero-order valence-corrected chi connectivity index (χ0v) is 20.5. The SMILES string of the molecule is Cc1nc(N2C(=O)c3oc4ccccc4c(=O)c3C2c2cccc(OCc3ccccc3)c2)sc1C. The molecule has 6 nitrogen and oxygen atoms in total. The maximum Gasteiger partial charge on any atom is 0.297 e. The van der Waals surface area contributed by atoms with E-state index in [-0.39, 0.29) is 17.1 Å². The molecule has 0 fully saturated rings. The highest BCUT2D eigenvalue weighted by molar-refractivity contribution is 7.15. The molecule has 178 valence electrons. The average molecular weight is 495 g/mol. The van der Waals surface area contributed by atoms with Crippen molar-refractivity contribution >= 4 is 33.3 Å². The molecule has 0 bridgehead atoms. The van der Waals surface area contributed by atoms with Crippen LogP contribution in [0, 0.1) is 13.8 Å². The van der Waals surface area contributed by atoms with Crippen LogP contribution in [0.15, 0.2) is 88.1 Å². The van der Waals surface area contributed by atoms with E-state index in [9.17, 15) is 9.59 Å². The molecule has 3 aromatic carbocycles. The lowest BCUT2D eigenvalue weighted by atomic mass is 9.98. The van der Waals surface area contributed by atoms with Crippen LogP contribution < -0.4 is 15.1 Å². The number of thiazole rings is 1. The maximum atomic E-state index is 13.7. The number of hydrogen-bond donors (Lipinski definition) is 0. The molecule has 0 spiro atoms. The standard InChI is InChI=1S/C29H22N2O4S/c1-17-18(2)36-29(30-17)31-25(20-11-8-12-21(15-20)34-16-19-9-4-3-5-10-19)24-26(32)22-13-6-7-14-23(22)35-27(24)28(31)33/h3-15,25H,16H2,1-2H3. The lowest BCUT2D eigenvalue weighted by Gasteiger charge is -2.23. The lowest BCUT2D eigenvalue weighted by molar-refractivity contribution is 0.0971. The molecule has 1 aliphatic heterocycles. The Labute approximate surface area is 211 Å². The molecule has 3 heterocycles. The molecule has 0 N–H and O–H groups in total. The number of ether oxygens (including phenoxy) is 1. The van der Waals surface area contributed by atoms with E-state index in [1.54, 1.807) is 29.2 Å². The molecule has 0 saturated carbocycles. The number of carbonyl (C=O) groups excluding carboxylic acids is 1. The zero-order valence-electron chi connectivity index (χ0n) is 19.7. The third-order valence-corrected chi connectivity index (χ3v) is 7.50. The van der Waals surface area contributed by atoms with Crippen molar-refractivity contribution in [2.75, 3.05) is 4.90 Å². The molecule has 1 amide bonds. The number of carbonyl (C=O) groups is 1. The number of anilines is 1. The van der Waals surface area contributed by atoms with Crippen molar-refractivity contribution < 1.29 is 13.9 Å². The largest absolute Gasteiger partial charge is 0.489 e. The topological polar surface area (TPSA) is 72.6 Å².